The first-order chi connectivity index (χ1) is 15.9. The first kappa shape index (κ1) is 24.3. The van der Waals surface area contributed by atoms with E-state index in [2.05, 4.69) is 27.8 Å². The van der Waals surface area contributed by atoms with Gasteiger partial charge in [0.05, 0.1) is 12.9 Å². The molecule has 9 heteroatoms. The highest BCUT2D eigenvalue weighted by molar-refractivity contribution is 7.99. The molecule has 0 aliphatic rings. The molecule has 1 heterocycles. The molecule has 0 saturated carbocycles. The highest BCUT2D eigenvalue weighted by Crippen LogP contribution is 2.22. The smallest absolute Gasteiger partial charge is 0.251 e. The number of rotatable bonds is 10. The molecular weight excluding hydrogens is 438 g/mol. The average molecular weight is 468 g/mol. The van der Waals surface area contributed by atoms with E-state index in [1.54, 1.807) is 31.4 Å². The van der Waals surface area contributed by atoms with Crippen LogP contribution in [-0.4, -0.2) is 46.0 Å². The number of carbonyl (C=O) groups excluding carboxylic acids is 2. The number of aromatic nitrogens is 3. The summed E-state index contributed by atoms with van der Waals surface area (Å²) in [4.78, 5) is 24.8. The van der Waals surface area contributed by atoms with E-state index in [-0.39, 0.29) is 17.6 Å². The first-order valence-corrected chi connectivity index (χ1v) is 11.7. The van der Waals surface area contributed by atoms with Crippen molar-refractivity contribution < 1.29 is 14.3 Å². The maximum absolute atomic E-state index is 12.5. The molecule has 0 aliphatic heterocycles. The van der Waals surface area contributed by atoms with Gasteiger partial charge in [-0.05, 0) is 48.7 Å². The lowest BCUT2D eigenvalue weighted by Crippen LogP contribution is -2.26. The minimum absolute atomic E-state index is 0.0831. The number of hydrogen-bond donors (Lipinski definition) is 2. The van der Waals surface area contributed by atoms with Gasteiger partial charge in [0.15, 0.2) is 5.16 Å². The second-order valence-corrected chi connectivity index (χ2v) is 8.43. The van der Waals surface area contributed by atoms with E-state index < -0.39 is 0 Å². The maximum atomic E-state index is 12.5. The number of para-hydroxylation sites is 1. The summed E-state index contributed by atoms with van der Waals surface area (Å²) in [6.07, 6.45) is 1.38. The van der Waals surface area contributed by atoms with Crippen LogP contribution in [0.25, 0.3) is 0 Å². The molecule has 0 atom stereocenters. The monoisotopic (exact) mass is 467 g/mol. The third-order valence-corrected chi connectivity index (χ3v) is 6.27. The predicted molar refractivity (Wildman–Crippen MR) is 130 cm³/mol. The van der Waals surface area contributed by atoms with Crippen molar-refractivity contribution in [3.05, 3.63) is 65.0 Å². The van der Waals surface area contributed by atoms with Gasteiger partial charge >= 0.3 is 0 Å². The molecule has 2 aromatic carbocycles. The number of anilines is 1. The van der Waals surface area contributed by atoms with Gasteiger partial charge in [0.2, 0.25) is 5.91 Å². The van der Waals surface area contributed by atoms with Gasteiger partial charge in [-0.2, -0.15) is 0 Å². The van der Waals surface area contributed by atoms with Gasteiger partial charge in [-0.3, -0.25) is 9.59 Å². The summed E-state index contributed by atoms with van der Waals surface area (Å²) in [5, 5.41) is 15.0. The predicted octanol–water partition coefficient (Wildman–Crippen LogP) is 3.40. The van der Waals surface area contributed by atoms with Crippen LogP contribution in [0, 0.1) is 6.92 Å². The van der Waals surface area contributed by atoms with Crippen LogP contribution in [0.4, 0.5) is 5.69 Å². The summed E-state index contributed by atoms with van der Waals surface area (Å²) in [6, 6.07) is 13.0. The van der Waals surface area contributed by atoms with Crippen LogP contribution in [0.1, 0.15) is 34.2 Å². The molecule has 0 radical (unpaired) electrons. The van der Waals surface area contributed by atoms with Crippen LogP contribution < -0.4 is 15.4 Å². The van der Waals surface area contributed by atoms with Crippen molar-refractivity contribution in [1.29, 1.82) is 0 Å². The summed E-state index contributed by atoms with van der Waals surface area (Å²) >= 11 is 1.33. The third kappa shape index (κ3) is 6.35. The minimum Gasteiger partial charge on any atom is -0.497 e. The van der Waals surface area contributed by atoms with E-state index in [4.69, 9.17) is 4.74 Å². The molecular formula is C24H29N5O3S. The lowest BCUT2D eigenvalue weighted by Gasteiger charge is -2.12. The Morgan fingerprint density at radius 3 is 2.58 bits per heavy atom. The Bertz CT molecular complexity index is 1110. The Morgan fingerprint density at radius 2 is 1.88 bits per heavy atom. The van der Waals surface area contributed by atoms with Crippen LogP contribution in [0.15, 0.2) is 47.6 Å². The standard InChI is InChI=1S/C24H29N5O3S/c1-5-17-8-6-7-16(2)22(17)26-21(30)15-33-24-28-27-20(29(24)3)13-14-25-23(31)18-9-11-19(32-4)12-10-18/h6-12H,5,13-15H2,1-4H3,(H,25,31)(H,26,30). The summed E-state index contributed by atoms with van der Waals surface area (Å²) in [5.41, 5.74) is 3.61. The van der Waals surface area contributed by atoms with Gasteiger partial charge in [-0.25, -0.2) is 0 Å². The number of hydrogen-bond acceptors (Lipinski definition) is 6. The van der Waals surface area contributed by atoms with Gasteiger partial charge < -0.3 is 19.9 Å². The Labute approximate surface area is 198 Å². The Morgan fingerprint density at radius 1 is 1.12 bits per heavy atom. The number of benzene rings is 2. The highest BCUT2D eigenvalue weighted by atomic mass is 32.2. The van der Waals surface area contributed by atoms with Gasteiger partial charge in [-0.1, -0.05) is 36.9 Å². The summed E-state index contributed by atoms with van der Waals surface area (Å²) in [5.74, 6) is 1.43. The second-order valence-electron chi connectivity index (χ2n) is 7.49. The van der Waals surface area contributed by atoms with E-state index >= 15 is 0 Å². The normalized spacial score (nSPS) is 10.7. The number of ether oxygens (including phenoxy) is 1. The zero-order valence-corrected chi connectivity index (χ0v) is 20.2. The van der Waals surface area contributed by atoms with E-state index in [0.29, 0.717) is 29.4 Å². The largest absolute Gasteiger partial charge is 0.497 e. The Hall–Kier alpha value is -3.33. The van der Waals surface area contributed by atoms with Crippen molar-refractivity contribution in [2.45, 2.75) is 31.8 Å². The lowest BCUT2D eigenvalue weighted by atomic mass is 10.1. The fourth-order valence-corrected chi connectivity index (χ4v) is 4.06. The number of carbonyl (C=O) groups is 2. The van der Waals surface area contributed by atoms with Crippen molar-refractivity contribution in [3.63, 3.8) is 0 Å². The molecule has 3 aromatic rings. The van der Waals surface area contributed by atoms with E-state index in [9.17, 15) is 9.59 Å². The van der Waals surface area contributed by atoms with Crippen molar-refractivity contribution in [2.75, 3.05) is 24.7 Å². The molecule has 174 valence electrons. The zero-order valence-electron chi connectivity index (χ0n) is 19.3. The molecule has 2 amide bonds. The summed E-state index contributed by atoms with van der Waals surface area (Å²) < 4.78 is 6.96. The van der Waals surface area contributed by atoms with Gasteiger partial charge in [-0.15, -0.1) is 10.2 Å². The van der Waals surface area contributed by atoms with Crippen molar-refractivity contribution >= 4 is 29.3 Å². The van der Waals surface area contributed by atoms with Crippen LogP contribution in [0.3, 0.4) is 0 Å². The van der Waals surface area contributed by atoms with E-state index in [0.717, 1.165) is 29.1 Å². The minimum atomic E-state index is -0.159. The molecule has 0 bridgehead atoms. The molecule has 3 rings (SSSR count). The van der Waals surface area contributed by atoms with Gasteiger partial charge in [0.1, 0.15) is 11.6 Å². The number of nitrogens with zero attached hydrogens (tertiary/aromatic N) is 3. The fraction of sp³-hybridized carbons (Fsp3) is 0.333. The van der Waals surface area contributed by atoms with Crippen LogP contribution in [-0.2, 0) is 24.7 Å². The molecule has 0 saturated heterocycles. The van der Waals surface area contributed by atoms with Gasteiger partial charge in [0.25, 0.3) is 5.91 Å². The molecule has 1 aromatic heterocycles. The zero-order chi connectivity index (χ0) is 23.8. The lowest BCUT2D eigenvalue weighted by molar-refractivity contribution is -0.113. The van der Waals surface area contributed by atoms with Gasteiger partial charge in [0, 0.05) is 31.3 Å². The molecule has 33 heavy (non-hydrogen) atoms. The number of amides is 2. The molecule has 0 fully saturated rings. The first-order valence-electron chi connectivity index (χ1n) is 10.7. The topological polar surface area (TPSA) is 98.1 Å². The van der Waals surface area contributed by atoms with Crippen molar-refractivity contribution in [1.82, 2.24) is 20.1 Å². The van der Waals surface area contributed by atoms with E-state index in [1.807, 2.05) is 36.7 Å². The SMILES string of the molecule is CCc1cccc(C)c1NC(=O)CSc1nnc(CCNC(=O)c2ccc(OC)cc2)n1C. The van der Waals surface area contributed by atoms with Crippen molar-refractivity contribution in [3.8, 4) is 5.75 Å². The quantitative estimate of drug-likeness (QED) is 0.444. The number of aryl methyl sites for hydroxylation is 2. The molecule has 8 nitrogen and oxygen atoms in total. The molecule has 0 unspecified atom stereocenters. The molecule has 2 N–H and O–H groups in total. The Balaban J connectivity index is 1.49. The van der Waals surface area contributed by atoms with Crippen LogP contribution >= 0.6 is 11.8 Å². The van der Waals surface area contributed by atoms with Crippen LogP contribution in [0.2, 0.25) is 0 Å². The number of methoxy groups -OCH3 is 1. The van der Waals surface area contributed by atoms with E-state index in [1.165, 1.54) is 11.8 Å². The molecule has 0 aliphatic carbocycles. The van der Waals surface area contributed by atoms with Crippen molar-refractivity contribution in [2.24, 2.45) is 7.05 Å². The third-order valence-electron chi connectivity index (χ3n) is 5.25. The number of nitrogens with one attached hydrogen (secondary N) is 2. The average Bonchev–Trinajstić information content (AvgIpc) is 3.18. The maximum Gasteiger partial charge on any atom is 0.251 e. The molecule has 0 spiro atoms. The van der Waals surface area contributed by atoms with Crippen LogP contribution in [0.5, 0.6) is 5.75 Å². The summed E-state index contributed by atoms with van der Waals surface area (Å²) in [7, 11) is 3.44. The number of thioether (sulfide) groups is 1. The summed E-state index contributed by atoms with van der Waals surface area (Å²) in [6.45, 7) is 4.49. The Kier molecular flexibility index (Phi) is 8.48. The second kappa shape index (κ2) is 11.5. The fourth-order valence-electron chi connectivity index (χ4n) is 3.33. The highest BCUT2D eigenvalue weighted by Gasteiger charge is 2.14.